The molecule has 0 spiro atoms. The van der Waals surface area contributed by atoms with Gasteiger partial charge in [0.1, 0.15) is 11.0 Å². The molecule has 18 heavy (non-hydrogen) atoms. The molecule has 4 bridgehead atoms. The highest BCUT2D eigenvalue weighted by atomic mass is 32.2. The van der Waals surface area contributed by atoms with Crippen LogP contribution in [0, 0.1) is 17.8 Å². The lowest BCUT2D eigenvalue weighted by Crippen LogP contribution is -2.57. The molecular formula is C14H23NO2S. The van der Waals surface area contributed by atoms with Crippen molar-refractivity contribution in [1.82, 2.24) is 4.31 Å². The predicted molar refractivity (Wildman–Crippen MR) is 71.4 cm³/mol. The fourth-order valence-corrected chi connectivity index (χ4v) is 7.39. The maximum absolute atomic E-state index is 13.0. The predicted octanol–water partition coefficient (Wildman–Crippen LogP) is 1.95. The van der Waals surface area contributed by atoms with Crippen molar-refractivity contribution < 1.29 is 8.95 Å². The van der Waals surface area contributed by atoms with Crippen LogP contribution < -0.4 is 0 Å². The highest BCUT2D eigenvalue weighted by Crippen LogP contribution is 2.58. The zero-order valence-corrected chi connectivity index (χ0v) is 11.8. The molecule has 1 atom stereocenters. The summed E-state index contributed by atoms with van der Waals surface area (Å²) in [4.78, 5) is 0. The molecule has 0 radical (unpaired) electrons. The van der Waals surface area contributed by atoms with E-state index in [-0.39, 0.29) is 4.75 Å². The molecule has 0 aromatic heterocycles. The summed E-state index contributed by atoms with van der Waals surface area (Å²) < 4.78 is 20.8. The van der Waals surface area contributed by atoms with Crippen LogP contribution in [0.15, 0.2) is 0 Å². The molecule has 3 nitrogen and oxygen atoms in total. The maximum Gasteiger partial charge on any atom is 0.101 e. The third kappa shape index (κ3) is 1.80. The first kappa shape index (κ1) is 11.9. The number of morpholine rings is 1. The van der Waals surface area contributed by atoms with Crippen molar-refractivity contribution in [2.24, 2.45) is 17.8 Å². The topological polar surface area (TPSA) is 29.5 Å². The van der Waals surface area contributed by atoms with Gasteiger partial charge >= 0.3 is 0 Å². The van der Waals surface area contributed by atoms with E-state index in [1.807, 2.05) is 0 Å². The van der Waals surface area contributed by atoms with Crippen LogP contribution >= 0.6 is 0 Å². The molecule has 5 fully saturated rings. The molecule has 0 N–H and O–H groups in total. The second kappa shape index (κ2) is 4.29. The van der Waals surface area contributed by atoms with E-state index in [2.05, 4.69) is 4.31 Å². The first-order valence-electron chi connectivity index (χ1n) is 7.50. The summed E-state index contributed by atoms with van der Waals surface area (Å²) in [5, 5.41) is 0. The molecule has 4 aliphatic carbocycles. The fraction of sp³-hybridized carbons (Fsp3) is 1.00. The monoisotopic (exact) mass is 269 g/mol. The van der Waals surface area contributed by atoms with Crippen molar-refractivity contribution in [3.8, 4) is 0 Å². The summed E-state index contributed by atoms with van der Waals surface area (Å²) in [6.45, 7) is 3.26. The third-order valence-electron chi connectivity index (χ3n) is 5.56. The zero-order valence-electron chi connectivity index (χ0n) is 11.0. The van der Waals surface area contributed by atoms with E-state index < -0.39 is 11.0 Å². The van der Waals surface area contributed by atoms with Crippen molar-refractivity contribution in [2.75, 3.05) is 26.3 Å². The smallest absolute Gasteiger partial charge is 0.101 e. The Morgan fingerprint density at radius 3 is 1.94 bits per heavy atom. The van der Waals surface area contributed by atoms with Crippen LogP contribution in [0.1, 0.15) is 38.5 Å². The number of nitrogens with zero attached hydrogens (tertiary/aromatic N) is 1. The van der Waals surface area contributed by atoms with Gasteiger partial charge in [0.05, 0.1) is 18.0 Å². The lowest BCUT2D eigenvalue weighted by atomic mass is 9.56. The standard InChI is InChI=1S/C14H23NO2S/c16-18(15-1-3-17-4-2-15)14-8-11-5-12(9-14)7-13(6-11)10-14/h11-13H,1-10H2/t11?,12?,13?,14?,18-/m0/s1. The average molecular weight is 269 g/mol. The zero-order chi connectivity index (χ0) is 12.2. The quantitative estimate of drug-likeness (QED) is 0.767. The van der Waals surface area contributed by atoms with Gasteiger partial charge in [0, 0.05) is 13.1 Å². The minimum Gasteiger partial charge on any atom is -0.379 e. The third-order valence-corrected chi connectivity index (χ3v) is 7.63. The summed E-state index contributed by atoms with van der Waals surface area (Å²) in [7, 11) is -0.758. The normalized spacial score (nSPS) is 49.4. The summed E-state index contributed by atoms with van der Waals surface area (Å²) in [6.07, 6.45) is 8.01. The van der Waals surface area contributed by atoms with Crippen molar-refractivity contribution in [1.29, 1.82) is 0 Å². The van der Waals surface area contributed by atoms with Crippen LogP contribution in [0.3, 0.4) is 0 Å². The minimum atomic E-state index is -0.758. The van der Waals surface area contributed by atoms with E-state index in [0.29, 0.717) is 0 Å². The van der Waals surface area contributed by atoms with Crippen LogP contribution in [0.25, 0.3) is 0 Å². The Hall–Kier alpha value is 0.0700. The second-order valence-electron chi connectivity index (χ2n) is 6.89. The SMILES string of the molecule is O=[S@](N1CCOCC1)C12CC3CC(CC(C3)C1)C2. The molecule has 4 saturated carbocycles. The van der Waals surface area contributed by atoms with Gasteiger partial charge < -0.3 is 4.74 Å². The Kier molecular flexibility index (Phi) is 2.82. The van der Waals surface area contributed by atoms with Crippen molar-refractivity contribution >= 4 is 11.0 Å². The van der Waals surface area contributed by atoms with Gasteiger partial charge in [-0.05, 0) is 56.3 Å². The second-order valence-corrected chi connectivity index (χ2v) is 8.77. The number of hydrogen-bond donors (Lipinski definition) is 0. The van der Waals surface area contributed by atoms with Crippen molar-refractivity contribution in [3.63, 3.8) is 0 Å². The van der Waals surface area contributed by atoms with Crippen molar-refractivity contribution in [2.45, 2.75) is 43.3 Å². The summed E-state index contributed by atoms with van der Waals surface area (Å²) in [5.74, 6) is 2.67. The number of hydrogen-bond acceptors (Lipinski definition) is 2. The lowest BCUT2D eigenvalue weighted by molar-refractivity contribution is 0.0299. The summed E-state index contributed by atoms with van der Waals surface area (Å²) in [6, 6.07) is 0. The maximum atomic E-state index is 13.0. The molecule has 0 unspecified atom stereocenters. The Morgan fingerprint density at radius 2 is 1.44 bits per heavy atom. The van der Waals surface area contributed by atoms with E-state index in [1.165, 1.54) is 38.5 Å². The van der Waals surface area contributed by atoms with E-state index in [9.17, 15) is 4.21 Å². The molecule has 1 aliphatic heterocycles. The molecule has 5 aliphatic rings. The van der Waals surface area contributed by atoms with E-state index in [0.717, 1.165) is 44.1 Å². The van der Waals surface area contributed by atoms with E-state index >= 15 is 0 Å². The number of rotatable bonds is 2. The fourth-order valence-electron chi connectivity index (χ4n) is 5.23. The average Bonchev–Trinajstić information content (AvgIpc) is 2.37. The molecule has 1 heterocycles. The highest BCUT2D eigenvalue weighted by Gasteiger charge is 2.55. The first-order chi connectivity index (χ1) is 8.75. The Morgan fingerprint density at radius 1 is 0.944 bits per heavy atom. The van der Waals surface area contributed by atoms with Gasteiger partial charge in [-0.2, -0.15) is 0 Å². The molecule has 102 valence electrons. The van der Waals surface area contributed by atoms with Gasteiger partial charge in [-0.25, -0.2) is 8.51 Å². The van der Waals surface area contributed by atoms with Gasteiger partial charge in [-0.3, -0.25) is 0 Å². The van der Waals surface area contributed by atoms with Gasteiger partial charge in [0.25, 0.3) is 0 Å². The van der Waals surface area contributed by atoms with Gasteiger partial charge in [0.2, 0.25) is 0 Å². The molecule has 0 aromatic carbocycles. The molecule has 5 rings (SSSR count). The molecular weight excluding hydrogens is 246 g/mol. The largest absolute Gasteiger partial charge is 0.379 e. The summed E-state index contributed by atoms with van der Waals surface area (Å²) in [5.41, 5.74) is 0. The highest BCUT2D eigenvalue weighted by molar-refractivity contribution is 7.84. The molecule has 1 saturated heterocycles. The number of ether oxygens (including phenoxy) is 1. The van der Waals surface area contributed by atoms with Gasteiger partial charge in [-0.15, -0.1) is 0 Å². The Labute approximate surface area is 112 Å². The van der Waals surface area contributed by atoms with Crippen LogP contribution in [0.5, 0.6) is 0 Å². The first-order valence-corrected chi connectivity index (χ1v) is 8.60. The van der Waals surface area contributed by atoms with E-state index in [4.69, 9.17) is 4.74 Å². The van der Waals surface area contributed by atoms with Crippen LogP contribution in [0.4, 0.5) is 0 Å². The van der Waals surface area contributed by atoms with Crippen LogP contribution in [-0.4, -0.2) is 39.6 Å². The van der Waals surface area contributed by atoms with Gasteiger partial charge in [-0.1, -0.05) is 0 Å². The lowest BCUT2D eigenvalue weighted by Gasteiger charge is -2.56. The Balaban J connectivity index is 1.57. The summed E-state index contributed by atoms with van der Waals surface area (Å²) >= 11 is 0. The Bertz CT molecular complexity index is 330. The molecule has 0 aromatic rings. The van der Waals surface area contributed by atoms with Crippen LogP contribution in [-0.2, 0) is 15.7 Å². The molecule has 4 heteroatoms. The van der Waals surface area contributed by atoms with Crippen molar-refractivity contribution in [3.05, 3.63) is 0 Å². The van der Waals surface area contributed by atoms with Gasteiger partial charge in [0.15, 0.2) is 0 Å². The minimum absolute atomic E-state index is 0.159. The van der Waals surface area contributed by atoms with E-state index in [1.54, 1.807) is 0 Å². The van der Waals surface area contributed by atoms with Crippen LogP contribution in [0.2, 0.25) is 0 Å². The molecule has 0 amide bonds.